The van der Waals surface area contributed by atoms with E-state index in [2.05, 4.69) is 0 Å². The average Bonchev–Trinajstić information content (AvgIpc) is 2.26. The highest BCUT2D eigenvalue weighted by Gasteiger charge is 2.34. The summed E-state index contributed by atoms with van der Waals surface area (Å²) in [5, 5.41) is 9.85. The van der Waals surface area contributed by atoms with Crippen molar-refractivity contribution in [2.75, 3.05) is 19.7 Å². The van der Waals surface area contributed by atoms with Gasteiger partial charge < -0.3 is 14.7 Å². The number of rotatable bonds is 4. The van der Waals surface area contributed by atoms with Crippen molar-refractivity contribution in [2.45, 2.75) is 57.7 Å². The largest absolute Gasteiger partial charge is 0.390 e. The quantitative estimate of drug-likeness (QED) is 0.829. The molecule has 0 atom stereocenters. The van der Waals surface area contributed by atoms with Gasteiger partial charge in [-0.1, -0.05) is 0 Å². The summed E-state index contributed by atoms with van der Waals surface area (Å²) in [6.07, 6.45) is 4.51. The number of hydrogen-bond donors (Lipinski definition) is 1. The third kappa shape index (κ3) is 3.45. The molecule has 0 spiro atoms. The third-order valence-electron chi connectivity index (χ3n) is 4.25. The van der Waals surface area contributed by atoms with Crippen molar-refractivity contribution < 1.29 is 14.6 Å². The Morgan fingerprint density at radius 1 is 1.39 bits per heavy atom. The predicted molar refractivity (Wildman–Crippen MR) is 69.2 cm³/mol. The molecule has 1 N–H and O–H groups in total. The number of ether oxygens (including phenoxy) is 1. The number of aliphatic hydroxyl groups is 1. The van der Waals surface area contributed by atoms with Gasteiger partial charge in [-0.15, -0.1) is 0 Å². The third-order valence-corrected chi connectivity index (χ3v) is 4.25. The highest BCUT2D eigenvalue weighted by atomic mass is 16.5. The molecule has 1 heterocycles. The van der Waals surface area contributed by atoms with E-state index >= 15 is 0 Å². The van der Waals surface area contributed by atoms with Gasteiger partial charge in [0.15, 0.2) is 0 Å². The summed E-state index contributed by atoms with van der Waals surface area (Å²) < 4.78 is 5.50. The van der Waals surface area contributed by atoms with E-state index in [-0.39, 0.29) is 5.91 Å². The Morgan fingerprint density at radius 3 is 2.56 bits per heavy atom. The van der Waals surface area contributed by atoms with E-state index in [0.717, 1.165) is 19.4 Å². The zero-order valence-electron chi connectivity index (χ0n) is 11.5. The maximum Gasteiger partial charge on any atom is 0.222 e. The molecule has 0 bridgehead atoms. The van der Waals surface area contributed by atoms with Crippen molar-refractivity contribution in [3.8, 4) is 0 Å². The summed E-state index contributed by atoms with van der Waals surface area (Å²) in [5.74, 6) is 0.766. The van der Waals surface area contributed by atoms with Gasteiger partial charge in [0, 0.05) is 26.1 Å². The van der Waals surface area contributed by atoms with Crippen LogP contribution in [0.15, 0.2) is 0 Å². The van der Waals surface area contributed by atoms with Crippen molar-refractivity contribution in [1.29, 1.82) is 0 Å². The minimum Gasteiger partial charge on any atom is -0.390 e. The van der Waals surface area contributed by atoms with Crippen LogP contribution in [-0.4, -0.2) is 47.3 Å². The van der Waals surface area contributed by atoms with E-state index in [4.69, 9.17) is 4.74 Å². The van der Waals surface area contributed by atoms with E-state index < -0.39 is 5.60 Å². The molecule has 104 valence electrons. The Balaban J connectivity index is 1.67. The van der Waals surface area contributed by atoms with E-state index in [1.165, 1.54) is 0 Å². The van der Waals surface area contributed by atoms with Crippen LogP contribution in [0.3, 0.4) is 0 Å². The minimum absolute atomic E-state index is 0.255. The lowest BCUT2D eigenvalue weighted by molar-refractivity contribution is -0.138. The molecule has 1 aliphatic carbocycles. The molecular weight excluding hydrogens is 230 g/mol. The molecule has 1 amide bonds. The first-order chi connectivity index (χ1) is 8.50. The molecule has 0 aromatic heterocycles. The molecule has 0 aromatic rings. The number of nitrogens with zero attached hydrogens (tertiary/aromatic N) is 1. The second kappa shape index (κ2) is 5.57. The Hall–Kier alpha value is -0.610. The van der Waals surface area contributed by atoms with Crippen LogP contribution in [0.5, 0.6) is 0 Å². The SMILES string of the molecule is CCOC1CC(CC(=O)N2CCC(C)(O)CC2)C1. The zero-order valence-corrected chi connectivity index (χ0v) is 11.5. The first kappa shape index (κ1) is 13.8. The van der Waals surface area contributed by atoms with Gasteiger partial charge in [-0.25, -0.2) is 0 Å². The van der Waals surface area contributed by atoms with Crippen LogP contribution in [0.2, 0.25) is 0 Å². The Kier molecular flexibility index (Phi) is 4.28. The number of likely N-dealkylation sites (tertiary alicyclic amines) is 1. The fourth-order valence-electron chi connectivity index (χ4n) is 2.83. The van der Waals surface area contributed by atoms with Gasteiger partial charge in [0.25, 0.3) is 0 Å². The topological polar surface area (TPSA) is 49.8 Å². The number of piperidine rings is 1. The minimum atomic E-state index is -0.576. The molecular formula is C14H25NO3. The molecule has 1 aliphatic heterocycles. The van der Waals surface area contributed by atoms with Crippen molar-refractivity contribution in [3.63, 3.8) is 0 Å². The summed E-state index contributed by atoms with van der Waals surface area (Å²) in [4.78, 5) is 14.0. The van der Waals surface area contributed by atoms with Crippen LogP contribution < -0.4 is 0 Å². The van der Waals surface area contributed by atoms with Gasteiger partial charge in [-0.2, -0.15) is 0 Å². The van der Waals surface area contributed by atoms with Gasteiger partial charge in [0.1, 0.15) is 0 Å². The smallest absolute Gasteiger partial charge is 0.222 e. The lowest BCUT2D eigenvalue weighted by Crippen LogP contribution is -2.46. The van der Waals surface area contributed by atoms with E-state index in [0.29, 0.717) is 44.4 Å². The number of carbonyl (C=O) groups is 1. The first-order valence-electron chi connectivity index (χ1n) is 7.12. The standard InChI is InChI=1S/C14H25NO3/c1-3-18-12-8-11(9-12)10-13(16)15-6-4-14(2,17)5-7-15/h11-12,17H,3-10H2,1-2H3. The maximum atomic E-state index is 12.1. The molecule has 18 heavy (non-hydrogen) atoms. The number of carbonyl (C=O) groups excluding carboxylic acids is 1. The molecule has 0 unspecified atom stereocenters. The maximum absolute atomic E-state index is 12.1. The second-order valence-corrected chi connectivity index (χ2v) is 6.00. The van der Waals surface area contributed by atoms with Crippen LogP contribution in [0.25, 0.3) is 0 Å². The lowest BCUT2D eigenvalue weighted by Gasteiger charge is -2.39. The first-order valence-corrected chi connectivity index (χ1v) is 7.12. The molecule has 4 nitrogen and oxygen atoms in total. The molecule has 2 rings (SSSR count). The Bertz CT molecular complexity index is 287. The normalized spacial score (nSPS) is 30.9. The van der Waals surface area contributed by atoms with Crippen molar-refractivity contribution >= 4 is 5.91 Å². The van der Waals surface area contributed by atoms with Crippen molar-refractivity contribution in [2.24, 2.45) is 5.92 Å². The monoisotopic (exact) mass is 255 g/mol. The van der Waals surface area contributed by atoms with E-state index in [9.17, 15) is 9.90 Å². The van der Waals surface area contributed by atoms with Crippen LogP contribution in [-0.2, 0) is 9.53 Å². The average molecular weight is 255 g/mol. The molecule has 2 aliphatic rings. The van der Waals surface area contributed by atoms with Crippen LogP contribution >= 0.6 is 0 Å². The summed E-state index contributed by atoms with van der Waals surface area (Å²) in [6, 6.07) is 0. The molecule has 1 saturated carbocycles. The van der Waals surface area contributed by atoms with Gasteiger partial charge in [0.2, 0.25) is 5.91 Å². The van der Waals surface area contributed by atoms with E-state index in [1.807, 2.05) is 18.7 Å². The number of hydrogen-bond acceptors (Lipinski definition) is 3. The van der Waals surface area contributed by atoms with Crippen LogP contribution in [0, 0.1) is 5.92 Å². The Labute approximate surface area is 109 Å². The Morgan fingerprint density at radius 2 is 2.00 bits per heavy atom. The lowest BCUT2D eigenvalue weighted by atomic mass is 9.79. The summed E-state index contributed by atoms with van der Waals surface area (Å²) in [5.41, 5.74) is -0.576. The molecule has 0 radical (unpaired) electrons. The fraction of sp³-hybridized carbons (Fsp3) is 0.929. The zero-order chi connectivity index (χ0) is 13.2. The summed E-state index contributed by atoms with van der Waals surface area (Å²) >= 11 is 0. The van der Waals surface area contributed by atoms with Gasteiger partial charge in [-0.3, -0.25) is 4.79 Å². The summed E-state index contributed by atoms with van der Waals surface area (Å²) in [7, 11) is 0. The predicted octanol–water partition coefficient (Wildman–Crippen LogP) is 1.56. The van der Waals surface area contributed by atoms with Crippen LogP contribution in [0.1, 0.15) is 46.0 Å². The highest BCUT2D eigenvalue weighted by molar-refractivity contribution is 5.76. The molecule has 1 saturated heterocycles. The van der Waals surface area contributed by atoms with Crippen molar-refractivity contribution in [1.82, 2.24) is 4.90 Å². The second-order valence-electron chi connectivity index (χ2n) is 6.00. The van der Waals surface area contributed by atoms with Crippen LogP contribution in [0.4, 0.5) is 0 Å². The molecule has 2 fully saturated rings. The summed E-state index contributed by atoms with van der Waals surface area (Å²) in [6.45, 7) is 6.04. The molecule has 4 heteroatoms. The van der Waals surface area contributed by atoms with Gasteiger partial charge >= 0.3 is 0 Å². The number of amides is 1. The van der Waals surface area contributed by atoms with Gasteiger partial charge in [0.05, 0.1) is 11.7 Å². The highest BCUT2D eigenvalue weighted by Crippen LogP contribution is 2.33. The van der Waals surface area contributed by atoms with Crippen molar-refractivity contribution in [3.05, 3.63) is 0 Å². The molecule has 0 aromatic carbocycles. The van der Waals surface area contributed by atoms with Gasteiger partial charge in [-0.05, 0) is 45.4 Å². The van der Waals surface area contributed by atoms with E-state index in [1.54, 1.807) is 0 Å². The fourth-order valence-corrected chi connectivity index (χ4v) is 2.83.